The highest BCUT2D eigenvalue weighted by Gasteiger charge is 2.36. The van der Waals surface area contributed by atoms with E-state index in [4.69, 9.17) is 9.15 Å². The van der Waals surface area contributed by atoms with E-state index in [1.54, 1.807) is 50.4 Å². The Morgan fingerprint density at radius 3 is 2.37 bits per heavy atom. The number of thioether (sulfide) groups is 1. The van der Waals surface area contributed by atoms with Gasteiger partial charge in [0.1, 0.15) is 11.5 Å². The van der Waals surface area contributed by atoms with E-state index in [1.165, 1.54) is 23.6 Å². The lowest BCUT2D eigenvalue weighted by Gasteiger charge is -2.28. The summed E-state index contributed by atoms with van der Waals surface area (Å²) in [5.74, 6) is -0.0991. The number of nitrogens with zero attached hydrogens (tertiary/aromatic N) is 1. The smallest absolute Gasteiger partial charge is 0.254 e. The van der Waals surface area contributed by atoms with E-state index in [-0.39, 0.29) is 17.6 Å². The lowest BCUT2D eigenvalue weighted by molar-refractivity contribution is -0.114. The summed E-state index contributed by atoms with van der Waals surface area (Å²) in [7, 11) is 1.57. The highest BCUT2D eigenvalue weighted by Crippen LogP contribution is 2.41. The van der Waals surface area contributed by atoms with E-state index in [9.17, 15) is 14.9 Å². The van der Waals surface area contributed by atoms with Crippen molar-refractivity contribution in [2.45, 2.75) is 26.2 Å². The van der Waals surface area contributed by atoms with E-state index in [0.717, 1.165) is 6.42 Å². The lowest BCUT2D eigenvalue weighted by atomic mass is 9.85. The Balaban J connectivity index is 1.54. The zero-order valence-corrected chi connectivity index (χ0v) is 22.1. The van der Waals surface area contributed by atoms with Gasteiger partial charge in [-0.1, -0.05) is 30.8 Å². The van der Waals surface area contributed by atoms with Crippen molar-refractivity contribution in [2.24, 2.45) is 0 Å². The summed E-state index contributed by atoms with van der Waals surface area (Å²) in [6.07, 6.45) is 2.43. The number of anilines is 2. The van der Waals surface area contributed by atoms with Crippen LogP contribution in [0.15, 0.2) is 93.2 Å². The van der Waals surface area contributed by atoms with Gasteiger partial charge in [0.05, 0.1) is 47.3 Å². The maximum absolute atomic E-state index is 13.4. The fourth-order valence-electron chi connectivity index (χ4n) is 4.10. The number of benzene rings is 2. The molecule has 1 aromatic heterocycles. The molecule has 0 unspecified atom stereocenters. The molecule has 2 amide bonds. The van der Waals surface area contributed by atoms with Crippen molar-refractivity contribution in [1.29, 1.82) is 5.26 Å². The Labute approximate surface area is 225 Å². The van der Waals surface area contributed by atoms with Gasteiger partial charge in [-0.2, -0.15) is 5.26 Å². The minimum Gasteiger partial charge on any atom is -0.497 e. The van der Waals surface area contributed by atoms with Crippen LogP contribution in [0.5, 0.6) is 5.75 Å². The first-order valence-corrected chi connectivity index (χ1v) is 13.0. The van der Waals surface area contributed by atoms with Gasteiger partial charge in [-0.05, 0) is 67.4 Å². The molecule has 2 heterocycles. The molecule has 194 valence electrons. The number of nitriles is 1. The van der Waals surface area contributed by atoms with Crippen LogP contribution in [0.25, 0.3) is 0 Å². The summed E-state index contributed by atoms with van der Waals surface area (Å²) < 4.78 is 10.8. The van der Waals surface area contributed by atoms with Crippen molar-refractivity contribution in [1.82, 2.24) is 5.32 Å². The van der Waals surface area contributed by atoms with Crippen molar-refractivity contribution >= 4 is 35.0 Å². The molecule has 2 aromatic carbocycles. The predicted molar refractivity (Wildman–Crippen MR) is 148 cm³/mol. The second-order valence-corrected chi connectivity index (χ2v) is 9.52. The molecule has 0 radical (unpaired) electrons. The van der Waals surface area contributed by atoms with Crippen molar-refractivity contribution in [3.8, 4) is 11.8 Å². The second-order valence-electron chi connectivity index (χ2n) is 8.54. The molecule has 8 nitrogen and oxygen atoms in total. The van der Waals surface area contributed by atoms with Crippen LogP contribution in [0, 0.1) is 11.3 Å². The number of amides is 2. The van der Waals surface area contributed by atoms with Gasteiger partial charge >= 0.3 is 0 Å². The van der Waals surface area contributed by atoms with Crippen molar-refractivity contribution < 1.29 is 18.7 Å². The quantitative estimate of drug-likeness (QED) is 0.333. The highest BCUT2D eigenvalue weighted by molar-refractivity contribution is 8.03. The number of hydrogen-bond donors (Lipinski definition) is 3. The number of carbonyl (C=O) groups is 2. The van der Waals surface area contributed by atoms with Crippen LogP contribution < -0.4 is 20.7 Å². The molecule has 0 saturated heterocycles. The number of hydrogen-bond acceptors (Lipinski definition) is 7. The molecule has 1 aliphatic heterocycles. The molecule has 0 aliphatic carbocycles. The second kappa shape index (κ2) is 12.2. The molecule has 0 spiro atoms. The number of methoxy groups -OCH3 is 1. The maximum Gasteiger partial charge on any atom is 0.254 e. The zero-order chi connectivity index (χ0) is 27.1. The Morgan fingerprint density at radius 1 is 1.08 bits per heavy atom. The number of aryl methyl sites for hydroxylation is 1. The molecule has 0 saturated carbocycles. The summed E-state index contributed by atoms with van der Waals surface area (Å²) in [4.78, 5) is 26.1. The minimum atomic E-state index is -0.735. The number of furan rings is 1. The summed E-state index contributed by atoms with van der Waals surface area (Å²) in [5, 5.41) is 19.6. The lowest BCUT2D eigenvalue weighted by Crippen LogP contribution is -2.31. The van der Waals surface area contributed by atoms with Crippen LogP contribution >= 0.6 is 11.8 Å². The fraction of sp³-hybridized carbons (Fsp3) is 0.207. The van der Waals surface area contributed by atoms with Gasteiger partial charge in [0.25, 0.3) is 5.91 Å². The van der Waals surface area contributed by atoms with Crippen molar-refractivity contribution in [3.05, 3.63) is 100 Å². The third kappa shape index (κ3) is 6.10. The number of dihydropyridines is 1. The van der Waals surface area contributed by atoms with Crippen LogP contribution in [-0.4, -0.2) is 24.7 Å². The molecule has 0 fully saturated rings. The SMILES string of the molecule is CCc1ccc(NC(=O)CSC2=C(C#N)[C@H](c3ccco3)C(C(=O)Nc3ccc(OC)cc3)=C(C)N2)cc1. The van der Waals surface area contributed by atoms with Crippen molar-refractivity contribution in [2.75, 3.05) is 23.5 Å². The third-order valence-electron chi connectivity index (χ3n) is 6.06. The van der Waals surface area contributed by atoms with E-state index in [2.05, 4.69) is 28.9 Å². The van der Waals surface area contributed by atoms with Crippen molar-refractivity contribution in [3.63, 3.8) is 0 Å². The topological polar surface area (TPSA) is 116 Å². The van der Waals surface area contributed by atoms with Gasteiger partial charge in [-0.25, -0.2) is 0 Å². The number of rotatable bonds is 9. The van der Waals surface area contributed by atoms with Gasteiger partial charge in [0.15, 0.2) is 0 Å². The third-order valence-corrected chi connectivity index (χ3v) is 7.08. The summed E-state index contributed by atoms with van der Waals surface area (Å²) in [6.45, 7) is 3.84. The van der Waals surface area contributed by atoms with Crippen LogP contribution in [0.3, 0.4) is 0 Å². The van der Waals surface area contributed by atoms with Gasteiger partial charge in [0, 0.05) is 17.1 Å². The summed E-state index contributed by atoms with van der Waals surface area (Å²) in [6, 6.07) is 20.3. The summed E-state index contributed by atoms with van der Waals surface area (Å²) in [5.41, 5.74) is 3.70. The normalized spacial score (nSPS) is 14.9. The molecular weight excluding hydrogens is 500 g/mol. The number of nitrogens with one attached hydrogen (secondary N) is 3. The number of allylic oxidation sites excluding steroid dienone is 2. The molecule has 1 atom stereocenters. The predicted octanol–water partition coefficient (Wildman–Crippen LogP) is 5.56. The van der Waals surface area contributed by atoms with Crippen LogP contribution in [0.1, 0.15) is 31.1 Å². The molecule has 1 aliphatic rings. The summed E-state index contributed by atoms with van der Waals surface area (Å²) >= 11 is 1.20. The zero-order valence-electron chi connectivity index (χ0n) is 21.3. The number of carbonyl (C=O) groups excluding carboxylic acids is 2. The number of ether oxygens (including phenoxy) is 1. The Hall–Kier alpha value is -4.42. The molecule has 3 N–H and O–H groups in total. The van der Waals surface area contributed by atoms with Gasteiger partial charge < -0.3 is 25.1 Å². The van der Waals surface area contributed by atoms with Crippen LogP contribution in [0.4, 0.5) is 11.4 Å². The first-order valence-electron chi connectivity index (χ1n) is 12.1. The van der Waals surface area contributed by atoms with Crippen LogP contribution in [-0.2, 0) is 16.0 Å². The molecule has 3 aromatic rings. The average Bonchev–Trinajstić information content (AvgIpc) is 3.47. The van der Waals surface area contributed by atoms with Gasteiger partial charge in [-0.15, -0.1) is 0 Å². The van der Waals surface area contributed by atoms with Gasteiger partial charge in [-0.3, -0.25) is 9.59 Å². The highest BCUT2D eigenvalue weighted by atomic mass is 32.2. The molecule has 4 rings (SSSR count). The molecule has 9 heteroatoms. The molecule has 0 bridgehead atoms. The largest absolute Gasteiger partial charge is 0.497 e. The first kappa shape index (κ1) is 26.6. The molecular formula is C29H28N4O4S. The Bertz CT molecular complexity index is 1400. The van der Waals surface area contributed by atoms with E-state index < -0.39 is 5.92 Å². The standard InChI is InChI=1S/C29H28N4O4S/c1-4-19-7-9-20(10-8-19)32-25(34)17-38-29-23(16-30)27(24-6-5-15-37-24)26(18(2)31-29)28(35)33-21-11-13-22(36-3)14-12-21/h5-15,27,31H,4,17H2,1-3H3,(H,32,34)(H,33,35)/t27-/m1/s1. The van der Waals surface area contributed by atoms with E-state index in [0.29, 0.717) is 44.8 Å². The Kier molecular flexibility index (Phi) is 8.56. The average molecular weight is 529 g/mol. The van der Waals surface area contributed by atoms with E-state index in [1.807, 2.05) is 24.3 Å². The van der Waals surface area contributed by atoms with E-state index >= 15 is 0 Å². The fourth-order valence-corrected chi connectivity index (χ4v) is 4.99. The molecule has 38 heavy (non-hydrogen) atoms. The monoisotopic (exact) mass is 528 g/mol. The van der Waals surface area contributed by atoms with Crippen LogP contribution in [0.2, 0.25) is 0 Å². The minimum absolute atomic E-state index is 0.0780. The maximum atomic E-state index is 13.4. The van der Waals surface area contributed by atoms with Gasteiger partial charge in [0.2, 0.25) is 5.91 Å². The first-order chi connectivity index (χ1) is 18.4. The Morgan fingerprint density at radius 2 is 1.76 bits per heavy atom.